The molecule has 0 saturated carbocycles. The zero-order valence-corrected chi connectivity index (χ0v) is 27.3. The molecule has 2 aliphatic rings. The van der Waals surface area contributed by atoms with Crippen LogP contribution in [0.1, 0.15) is 43.5 Å². The third-order valence-corrected chi connectivity index (χ3v) is 9.54. The summed E-state index contributed by atoms with van der Waals surface area (Å²) in [5.74, 6) is 0.799. The van der Waals surface area contributed by atoms with E-state index in [1.807, 2.05) is 6.92 Å². The maximum Gasteiger partial charge on any atom is 0.252 e. The lowest BCUT2D eigenvalue weighted by molar-refractivity contribution is 0.591. The molecule has 0 spiro atoms. The van der Waals surface area contributed by atoms with Crippen molar-refractivity contribution >= 4 is 57.2 Å². The van der Waals surface area contributed by atoms with Crippen LogP contribution < -0.4 is 26.2 Å². The fourth-order valence-corrected chi connectivity index (χ4v) is 7.57. The second-order valence-electron chi connectivity index (χ2n) is 13.6. The summed E-state index contributed by atoms with van der Waals surface area (Å²) >= 11 is 0. The van der Waals surface area contributed by atoms with Crippen molar-refractivity contribution in [3.63, 3.8) is 0 Å². The van der Waals surface area contributed by atoms with E-state index in [4.69, 9.17) is 9.97 Å². The lowest BCUT2D eigenvalue weighted by atomic mass is 9.33. The van der Waals surface area contributed by atoms with Gasteiger partial charge in [-0.1, -0.05) is 87.5 Å². The highest BCUT2D eigenvalue weighted by molar-refractivity contribution is 7.00. The van der Waals surface area contributed by atoms with Crippen molar-refractivity contribution in [1.82, 2.24) is 9.97 Å². The summed E-state index contributed by atoms with van der Waals surface area (Å²) in [6.07, 6.45) is 0. The summed E-state index contributed by atoms with van der Waals surface area (Å²) in [5.41, 5.74) is 16.6. The van der Waals surface area contributed by atoms with Crippen molar-refractivity contribution in [3.05, 3.63) is 138 Å². The zero-order valence-electron chi connectivity index (χ0n) is 27.3. The molecule has 0 N–H and O–H groups in total. The van der Waals surface area contributed by atoms with Gasteiger partial charge in [0.1, 0.15) is 5.82 Å². The molecule has 0 radical (unpaired) electrons. The molecule has 46 heavy (non-hydrogen) atoms. The number of nitrogens with zero attached hydrogens (tertiary/aromatic N) is 4. The van der Waals surface area contributed by atoms with Crippen LogP contribution in [0.15, 0.2) is 115 Å². The summed E-state index contributed by atoms with van der Waals surface area (Å²) in [5, 5.41) is 0. The average molecular weight is 597 g/mol. The maximum absolute atomic E-state index is 4.83. The van der Waals surface area contributed by atoms with E-state index in [1.54, 1.807) is 0 Å². The molecule has 5 heteroatoms. The lowest BCUT2D eigenvalue weighted by Crippen LogP contribution is -2.61. The number of hydrogen-bond acceptors (Lipinski definition) is 4. The third-order valence-electron chi connectivity index (χ3n) is 9.54. The van der Waals surface area contributed by atoms with E-state index in [0.29, 0.717) is 0 Å². The van der Waals surface area contributed by atoms with Gasteiger partial charge in [-0.15, -0.1) is 0 Å². The molecule has 6 aromatic rings. The molecule has 8 rings (SSSR count). The Kier molecular flexibility index (Phi) is 6.44. The standard InChI is InChI=1S/C41H37BN4/c1-26-39(27(2)44-28(3)43-26)29-23-37-40-38(24-29)46(32-17-11-8-12-18-32)36-22-21-30(41(4,5)6)25-34(36)42(40)33-19-13-14-20-35(33)45(37)31-15-9-7-10-16-31/h7-25H,1-6H3. The van der Waals surface area contributed by atoms with Gasteiger partial charge >= 0.3 is 0 Å². The Morgan fingerprint density at radius 2 is 1.07 bits per heavy atom. The highest BCUT2D eigenvalue weighted by Crippen LogP contribution is 2.46. The SMILES string of the molecule is Cc1nc(C)c(-c2cc3c4c(c2)N(c2ccccc2)c2ccc(C(C)(C)C)cc2B4c2ccccc2N3c2ccccc2)c(C)n1. The van der Waals surface area contributed by atoms with Gasteiger partial charge in [0, 0.05) is 51.1 Å². The fourth-order valence-electron chi connectivity index (χ4n) is 7.57. The van der Waals surface area contributed by atoms with Gasteiger partial charge in [-0.3, -0.25) is 0 Å². The van der Waals surface area contributed by atoms with Gasteiger partial charge in [-0.25, -0.2) is 9.97 Å². The number of aryl methyl sites for hydroxylation is 3. The van der Waals surface area contributed by atoms with E-state index in [9.17, 15) is 0 Å². The molecule has 0 atom stereocenters. The van der Waals surface area contributed by atoms with Gasteiger partial charge in [0.15, 0.2) is 0 Å². The molecule has 0 bridgehead atoms. The number of rotatable bonds is 3. The highest BCUT2D eigenvalue weighted by Gasteiger charge is 2.44. The van der Waals surface area contributed by atoms with Crippen LogP contribution >= 0.6 is 0 Å². The lowest BCUT2D eigenvalue weighted by Gasteiger charge is -2.44. The Morgan fingerprint density at radius 1 is 0.543 bits per heavy atom. The van der Waals surface area contributed by atoms with Crippen molar-refractivity contribution in [2.75, 3.05) is 9.80 Å². The van der Waals surface area contributed by atoms with Crippen molar-refractivity contribution in [3.8, 4) is 11.1 Å². The Bertz CT molecular complexity index is 2090. The van der Waals surface area contributed by atoms with E-state index >= 15 is 0 Å². The Balaban J connectivity index is 1.53. The van der Waals surface area contributed by atoms with Gasteiger partial charge in [-0.2, -0.15) is 0 Å². The minimum atomic E-state index is 0.0182. The van der Waals surface area contributed by atoms with Gasteiger partial charge in [0.25, 0.3) is 6.71 Å². The zero-order chi connectivity index (χ0) is 31.7. The van der Waals surface area contributed by atoms with Gasteiger partial charge in [0.2, 0.25) is 0 Å². The molecule has 224 valence electrons. The van der Waals surface area contributed by atoms with Crippen molar-refractivity contribution in [2.45, 2.75) is 47.0 Å². The molecule has 1 aromatic heterocycles. The minimum absolute atomic E-state index is 0.0182. The molecular weight excluding hydrogens is 559 g/mol. The van der Waals surface area contributed by atoms with Gasteiger partial charge in [-0.05, 0) is 102 Å². The quantitative estimate of drug-likeness (QED) is 0.192. The summed E-state index contributed by atoms with van der Waals surface area (Å²) < 4.78 is 0. The van der Waals surface area contributed by atoms with Gasteiger partial charge < -0.3 is 9.80 Å². The van der Waals surface area contributed by atoms with Crippen LogP contribution in [0.3, 0.4) is 0 Å². The Morgan fingerprint density at radius 3 is 1.63 bits per heavy atom. The van der Waals surface area contributed by atoms with E-state index in [1.165, 1.54) is 44.7 Å². The molecule has 2 aliphatic heterocycles. The topological polar surface area (TPSA) is 32.3 Å². The van der Waals surface area contributed by atoms with Crippen LogP contribution in [-0.4, -0.2) is 16.7 Å². The van der Waals surface area contributed by atoms with Gasteiger partial charge in [0.05, 0.1) is 0 Å². The second-order valence-corrected chi connectivity index (χ2v) is 13.6. The molecular formula is C41H37BN4. The normalized spacial score (nSPS) is 13.3. The Hall–Kier alpha value is -5.16. The van der Waals surface area contributed by atoms with Crippen molar-refractivity contribution < 1.29 is 0 Å². The molecule has 0 unspecified atom stereocenters. The van der Waals surface area contributed by atoms with Crippen LogP contribution in [0.2, 0.25) is 0 Å². The summed E-state index contributed by atoms with van der Waals surface area (Å²) in [4.78, 5) is 14.6. The smallest absolute Gasteiger partial charge is 0.252 e. The van der Waals surface area contributed by atoms with E-state index in [0.717, 1.165) is 39.7 Å². The maximum atomic E-state index is 4.83. The second kappa shape index (κ2) is 10.5. The summed E-state index contributed by atoms with van der Waals surface area (Å²) in [7, 11) is 0. The van der Waals surface area contributed by atoms with Crippen LogP contribution in [0.4, 0.5) is 34.1 Å². The molecule has 4 nitrogen and oxygen atoms in total. The minimum Gasteiger partial charge on any atom is -0.311 e. The largest absolute Gasteiger partial charge is 0.311 e. The average Bonchev–Trinajstić information content (AvgIpc) is 3.04. The predicted octanol–water partition coefficient (Wildman–Crippen LogP) is 8.45. The molecule has 5 aromatic carbocycles. The fraction of sp³-hybridized carbons (Fsp3) is 0.171. The van der Waals surface area contributed by atoms with Crippen LogP contribution in [-0.2, 0) is 5.41 Å². The van der Waals surface area contributed by atoms with Crippen molar-refractivity contribution in [1.29, 1.82) is 0 Å². The number of anilines is 6. The Labute approximate surface area is 272 Å². The van der Waals surface area contributed by atoms with E-state index in [-0.39, 0.29) is 12.1 Å². The van der Waals surface area contributed by atoms with E-state index in [2.05, 4.69) is 160 Å². The first kappa shape index (κ1) is 28.3. The van der Waals surface area contributed by atoms with Crippen LogP contribution in [0.5, 0.6) is 0 Å². The summed E-state index contributed by atoms with van der Waals surface area (Å²) in [6.45, 7) is 13.2. The molecule has 0 fully saturated rings. The third kappa shape index (κ3) is 4.37. The number of fused-ring (bicyclic) bond motifs is 4. The molecule has 0 saturated heterocycles. The van der Waals surface area contributed by atoms with Crippen LogP contribution in [0, 0.1) is 20.8 Å². The first-order valence-electron chi connectivity index (χ1n) is 16.1. The highest BCUT2D eigenvalue weighted by atomic mass is 15.2. The molecule has 0 amide bonds. The van der Waals surface area contributed by atoms with Crippen molar-refractivity contribution in [2.24, 2.45) is 0 Å². The van der Waals surface area contributed by atoms with E-state index < -0.39 is 0 Å². The summed E-state index contributed by atoms with van der Waals surface area (Å²) in [6, 6.07) is 42.4. The molecule has 0 aliphatic carbocycles. The molecule has 3 heterocycles. The number of aromatic nitrogens is 2. The predicted molar refractivity (Wildman–Crippen MR) is 194 cm³/mol. The number of hydrogen-bond donors (Lipinski definition) is 0. The monoisotopic (exact) mass is 596 g/mol. The first-order valence-corrected chi connectivity index (χ1v) is 16.1. The number of benzene rings is 5. The number of para-hydroxylation sites is 3. The first-order chi connectivity index (χ1) is 22.2. The van der Waals surface area contributed by atoms with Crippen LogP contribution in [0.25, 0.3) is 11.1 Å².